The number of rotatable bonds is 3. The van der Waals surface area contributed by atoms with Crippen LogP contribution >= 0.6 is 22.6 Å². The Morgan fingerprint density at radius 1 is 1.18 bits per heavy atom. The van der Waals surface area contributed by atoms with Crippen LogP contribution in [-0.2, 0) is 0 Å². The Kier molecular flexibility index (Phi) is 3.82. The maximum Gasteiger partial charge on any atom is 0.199 e. The Hall–Kier alpha value is -1.31. The van der Waals surface area contributed by atoms with Gasteiger partial charge in [-0.05, 0) is 42.5 Å². The second-order valence-electron chi connectivity index (χ2n) is 3.40. The zero-order valence-corrected chi connectivity index (χ0v) is 11.8. The molecule has 0 aromatic carbocycles. The molecule has 88 valence electrons. The van der Waals surface area contributed by atoms with Crippen LogP contribution in [0, 0.1) is 10.5 Å². The van der Waals surface area contributed by atoms with Crippen molar-refractivity contribution in [2.75, 3.05) is 11.9 Å². The average molecular weight is 341 g/mol. The summed E-state index contributed by atoms with van der Waals surface area (Å²) in [6, 6.07) is 1.77. The van der Waals surface area contributed by atoms with Gasteiger partial charge in [-0.3, -0.25) is 0 Å². The van der Waals surface area contributed by atoms with Gasteiger partial charge in [0.2, 0.25) is 0 Å². The molecule has 0 aliphatic rings. The fraction of sp³-hybridized carbons (Fsp3) is 0.273. The molecule has 0 bridgehead atoms. The van der Waals surface area contributed by atoms with E-state index in [2.05, 4.69) is 47.8 Å². The minimum atomic E-state index is 0.547. The third-order valence-electron chi connectivity index (χ3n) is 2.13. The first-order chi connectivity index (χ1) is 8.22. The number of aromatic nitrogens is 4. The van der Waals surface area contributed by atoms with Crippen molar-refractivity contribution < 1.29 is 0 Å². The minimum absolute atomic E-state index is 0.547. The molecule has 17 heavy (non-hydrogen) atoms. The molecule has 0 saturated heterocycles. The van der Waals surface area contributed by atoms with Gasteiger partial charge in [0, 0.05) is 18.9 Å². The predicted molar refractivity (Wildman–Crippen MR) is 74.7 cm³/mol. The number of nitrogens with zero attached hydrogens (tertiary/aromatic N) is 4. The number of hydrogen-bond acceptors (Lipinski definition) is 5. The molecular weight excluding hydrogens is 329 g/mol. The van der Waals surface area contributed by atoms with Crippen molar-refractivity contribution in [2.24, 2.45) is 0 Å². The lowest BCUT2D eigenvalue weighted by atomic mass is 10.4. The van der Waals surface area contributed by atoms with Gasteiger partial charge in [0.15, 0.2) is 11.6 Å². The van der Waals surface area contributed by atoms with Gasteiger partial charge in [-0.2, -0.15) is 0 Å². The van der Waals surface area contributed by atoms with Crippen molar-refractivity contribution >= 4 is 28.4 Å². The van der Waals surface area contributed by atoms with Gasteiger partial charge in [0.25, 0.3) is 0 Å². The molecule has 5 nitrogen and oxygen atoms in total. The second kappa shape index (κ2) is 5.35. The van der Waals surface area contributed by atoms with Crippen LogP contribution in [0.2, 0.25) is 0 Å². The zero-order valence-electron chi connectivity index (χ0n) is 9.61. The van der Waals surface area contributed by atoms with Gasteiger partial charge in [-0.15, -0.1) is 0 Å². The predicted octanol–water partition coefficient (Wildman–Crippen LogP) is 2.28. The maximum absolute atomic E-state index is 4.44. The Morgan fingerprint density at radius 3 is 2.53 bits per heavy atom. The molecule has 2 aromatic heterocycles. The second-order valence-corrected chi connectivity index (χ2v) is 4.48. The molecule has 0 aliphatic heterocycles. The lowest BCUT2D eigenvalue weighted by Crippen LogP contribution is -2.07. The number of hydrogen-bond donors (Lipinski definition) is 1. The van der Waals surface area contributed by atoms with Crippen molar-refractivity contribution in [3.8, 4) is 11.6 Å². The van der Waals surface area contributed by atoms with Crippen molar-refractivity contribution in [2.45, 2.75) is 13.8 Å². The number of halogens is 1. The van der Waals surface area contributed by atoms with Crippen molar-refractivity contribution in [1.29, 1.82) is 0 Å². The number of nitrogens with one attached hydrogen (secondary N) is 1. The highest BCUT2D eigenvalue weighted by Crippen LogP contribution is 2.21. The molecule has 6 heteroatoms. The van der Waals surface area contributed by atoms with Crippen LogP contribution < -0.4 is 5.32 Å². The van der Waals surface area contributed by atoms with E-state index in [-0.39, 0.29) is 0 Å². The van der Waals surface area contributed by atoms with Gasteiger partial charge in [-0.25, -0.2) is 19.9 Å². The molecule has 0 spiro atoms. The van der Waals surface area contributed by atoms with E-state index in [1.54, 1.807) is 18.5 Å². The molecule has 2 heterocycles. The molecule has 0 atom stereocenters. The SMILES string of the molecule is CCNc1nc(-c2ncccn2)nc(C)c1I. The summed E-state index contributed by atoms with van der Waals surface area (Å²) < 4.78 is 1.03. The summed E-state index contributed by atoms with van der Waals surface area (Å²) in [6.45, 7) is 4.81. The lowest BCUT2D eigenvalue weighted by Gasteiger charge is -2.08. The first-order valence-electron chi connectivity index (χ1n) is 5.27. The molecular formula is C11H12IN5. The van der Waals surface area contributed by atoms with Gasteiger partial charge in [0.1, 0.15) is 5.82 Å². The Bertz CT molecular complexity index is 515. The zero-order chi connectivity index (χ0) is 12.3. The van der Waals surface area contributed by atoms with Gasteiger partial charge in [0.05, 0.1) is 9.26 Å². The monoisotopic (exact) mass is 341 g/mol. The van der Waals surface area contributed by atoms with Crippen LogP contribution in [0.1, 0.15) is 12.6 Å². The standard InChI is InChI=1S/C11H12IN5/c1-3-13-9-8(12)7(2)16-11(17-9)10-14-5-4-6-15-10/h4-6H,3H2,1-2H3,(H,13,16,17). The van der Waals surface area contributed by atoms with E-state index in [1.165, 1.54) is 0 Å². The van der Waals surface area contributed by atoms with Crippen LogP contribution in [0.3, 0.4) is 0 Å². The van der Waals surface area contributed by atoms with Crippen molar-refractivity contribution in [3.63, 3.8) is 0 Å². The van der Waals surface area contributed by atoms with Crippen molar-refractivity contribution in [1.82, 2.24) is 19.9 Å². The Morgan fingerprint density at radius 2 is 1.88 bits per heavy atom. The summed E-state index contributed by atoms with van der Waals surface area (Å²) in [4.78, 5) is 17.1. The Labute approximate surface area is 113 Å². The van der Waals surface area contributed by atoms with Crippen LogP contribution in [0.25, 0.3) is 11.6 Å². The number of anilines is 1. The van der Waals surface area contributed by atoms with Crippen LogP contribution in [0.4, 0.5) is 5.82 Å². The van der Waals surface area contributed by atoms with E-state index in [1.807, 2.05) is 13.8 Å². The molecule has 2 aromatic rings. The quantitative estimate of drug-likeness (QED) is 0.868. The normalized spacial score (nSPS) is 10.3. The first-order valence-corrected chi connectivity index (χ1v) is 6.35. The topological polar surface area (TPSA) is 63.6 Å². The maximum atomic E-state index is 4.44. The van der Waals surface area contributed by atoms with Crippen LogP contribution in [-0.4, -0.2) is 26.5 Å². The van der Waals surface area contributed by atoms with E-state index in [4.69, 9.17) is 0 Å². The molecule has 1 N–H and O–H groups in total. The molecule has 0 unspecified atom stereocenters. The summed E-state index contributed by atoms with van der Waals surface area (Å²) >= 11 is 2.24. The molecule has 0 aliphatic carbocycles. The van der Waals surface area contributed by atoms with E-state index in [9.17, 15) is 0 Å². The molecule has 0 saturated carbocycles. The summed E-state index contributed by atoms with van der Waals surface area (Å²) in [7, 11) is 0. The van der Waals surface area contributed by atoms with E-state index < -0.39 is 0 Å². The minimum Gasteiger partial charge on any atom is -0.369 e. The largest absolute Gasteiger partial charge is 0.369 e. The first kappa shape index (κ1) is 12.2. The highest BCUT2D eigenvalue weighted by Gasteiger charge is 2.11. The summed E-state index contributed by atoms with van der Waals surface area (Å²) in [6.07, 6.45) is 3.37. The number of aryl methyl sites for hydroxylation is 1. The van der Waals surface area contributed by atoms with Crippen LogP contribution in [0.15, 0.2) is 18.5 Å². The van der Waals surface area contributed by atoms with Gasteiger partial charge < -0.3 is 5.32 Å². The fourth-order valence-electron chi connectivity index (χ4n) is 1.36. The highest BCUT2D eigenvalue weighted by molar-refractivity contribution is 14.1. The molecule has 0 fully saturated rings. The average Bonchev–Trinajstić information content (AvgIpc) is 2.36. The van der Waals surface area contributed by atoms with E-state index >= 15 is 0 Å². The fourth-order valence-corrected chi connectivity index (χ4v) is 1.79. The van der Waals surface area contributed by atoms with Crippen molar-refractivity contribution in [3.05, 3.63) is 27.7 Å². The molecule has 0 radical (unpaired) electrons. The highest BCUT2D eigenvalue weighted by atomic mass is 127. The lowest BCUT2D eigenvalue weighted by molar-refractivity contribution is 1.02. The smallest absolute Gasteiger partial charge is 0.199 e. The third kappa shape index (κ3) is 2.68. The molecule has 0 amide bonds. The third-order valence-corrected chi connectivity index (χ3v) is 3.42. The van der Waals surface area contributed by atoms with Gasteiger partial charge >= 0.3 is 0 Å². The summed E-state index contributed by atoms with van der Waals surface area (Å²) in [5, 5.41) is 3.21. The van der Waals surface area contributed by atoms with Crippen LogP contribution in [0.5, 0.6) is 0 Å². The summed E-state index contributed by atoms with van der Waals surface area (Å²) in [5.41, 5.74) is 0.930. The Balaban J connectivity index is 2.49. The van der Waals surface area contributed by atoms with Gasteiger partial charge in [-0.1, -0.05) is 0 Å². The molecule has 2 rings (SSSR count). The van der Waals surface area contributed by atoms with E-state index in [0.717, 1.165) is 21.6 Å². The van der Waals surface area contributed by atoms with E-state index in [0.29, 0.717) is 11.6 Å². The summed E-state index contributed by atoms with van der Waals surface area (Å²) in [5.74, 6) is 1.94.